The van der Waals surface area contributed by atoms with Crippen molar-refractivity contribution in [3.8, 4) is 0 Å². The summed E-state index contributed by atoms with van der Waals surface area (Å²) in [5.41, 5.74) is 0. The number of rotatable bonds is 20. The second-order valence-electron chi connectivity index (χ2n) is 9.59. The maximum absolute atomic E-state index is 13.3. The average Bonchev–Trinajstić information content (AvgIpc) is 2.70. The van der Waals surface area contributed by atoms with Crippen LogP contribution in [0.5, 0.6) is 0 Å². The van der Waals surface area contributed by atoms with E-state index in [-0.39, 0.29) is 0 Å². The van der Waals surface area contributed by atoms with E-state index in [2.05, 4.69) is 0 Å². The first kappa shape index (κ1) is 49.2. The van der Waals surface area contributed by atoms with E-state index < -0.39 is 138 Å². The van der Waals surface area contributed by atoms with Crippen LogP contribution in [0.1, 0.15) is 12.8 Å². The molecule has 0 bridgehead atoms. The summed E-state index contributed by atoms with van der Waals surface area (Å²) in [5, 5.41) is -10.3. The Hall–Kier alpha value is 1.23. The Balaban J connectivity index is 9.60. The van der Waals surface area contributed by atoms with Gasteiger partial charge in [-0.2, -0.15) is 9.34 Å². The first-order chi connectivity index (χ1) is 20.4. The monoisotopic (exact) mass is 893 g/mol. The third-order valence-corrected chi connectivity index (χ3v) is 15.5. The molecule has 0 aromatic heterocycles. The maximum Gasteiger partial charge on any atom is 0.405 e. The van der Waals surface area contributed by atoms with Crippen LogP contribution in [-0.2, 0) is 41.1 Å². The highest BCUT2D eigenvalue weighted by Crippen LogP contribution is 2.74. The summed E-state index contributed by atoms with van der Waals surface area (Å²) in [7, 11) is -60.0. The SMILES string of the molecule is O=P(O)(O)CCC(N(CP(=O)(O)O)C(CCP(=O)(O)O)(N(CP(=O)(O)O)P(=O)(O)O)P(=O)(O)O)(N(CP(=O)(O)O)P(=O)(O)O)P(=O)(O)O. The molecule has 0 fully saturated rings. The summed E-state index contributed by atoms with van der Waals surface area (Å²) in [6.45, 7) is 0. The van der Waals surface area contributed by atoms with E-state index in [0.717, 1.165) is 0 Å². The summed E-state index contributed by atoms with van der Waals surface area (Å²) in [4.78, 5) is 177. The lowest BCUT2D eigenvalue weighted by Gasteiger charge is -2.58. The molecule has 0 spiro atoms. The van der Waals surface area contributed by atoms with Gasteiger partial charge in [-0.3, -0.25) is 32.0 Å². The van der Waals surface area contributed by atoms with Crippen LogP contribution in [0.25, 0.3) is 0 Å². The second kappa shape index (κ2) is 15.5. The molecule has 0 aliphatic carbocycles. The summed E-state index contributed by atoms with van der Waals surface area (Å²) < 4.78 is 109. The van der Waals surface area contributed by atoms with Crippen molar-refractivity contribution in [1.29, 1.82) is 0 Å². The lowest BCUT2D eigenvalue weighted by molar-refractivity contribution is -0.0683. The van der Waals surface area contributed by atoms with E-state index in [9.17, 15) is 129 Å². The Morgan fingerprint density at radius 3 is 0.729 bits per heavy atom. The zero-order valence-electron chi connectivity index (χ0n) is 23.0. The highest BCUT2D eigenvalue weighted by atomic mass is 31.2. The fourth-order valence-corrected chi connectivity index (χ4v) is 15.9. The van der Waals surface area contributed by atoms with Gasteiger partial charge < -0.3 is 88.1 Å². The Morgan fingerprint density at radius 1 is 0.354 bits per heavy atom. The van der Waals surface area contributed by atoms with Crippen molar-refractivity contribution in [1.82, 2.24) is 14.2 Å². The van der Waals surface area contributed by atoms with Crippen molar-refractivity contribution in [3.63, 3.8) is 0 Å². The minimum absolute atomic E-state index is 1.45. The predicted octanol–water partition coefficient (Wildman–Crippen LogP) is -3.72. The summed E-state index contributed by atoms with van der Waals surface area (Å²) >= 11 is 0. The highest BCUT2D eigenvalue weighted by Gasteiger charge is 2.73. The first-order valence-electron chi connectivity index (χ1n) is 11.2. The topological polar surface area (TPSA) is 527 Å². The summed E-state index contributed by atoms with van der Waals surface area (Å²) in [6.07, 6.45) is -18.3. The molecule has 290 valence electrons. The molecule has 48 heavy (non-hydrogen) atoms. The molecule has 0 aromatic carbocycles. The molecule has 39 heteroatoms. The van der Waals surface area contributed by atoms with Crippen LogP contribution < -0.4 is 0 Å². The molecule has 0 aliphatic rings. The van der Waals surface area contributed by atoms with E-state index in [0.29, 0.717) is 0 Å². The minimum Gasteiger partial charge on any atom is -0.324 e. The van der Waals surface area contributed by atoms with Crippen molar-refractivity contribution in [2.24, 2.45) is 0 Å². The second-order valence-corrected chi connectivity index (χ2v) is 24.6. The normalized spacial score (nSPS) is 17.9. The van der Waals surface area contributed by atoms with E-state index in [4.69, 9.17) is 0 Å². The molecule has 0 rings (SSSR count). The highest BCUT2D eigenvalue weighted by molar-refractivity contribution is 7.59. The largest absolute Gasteiger partial charge is 0.405 e. The smallest absolute Gasteiger partial charge is 0.324 e. The van der Waals surface area contributed by atoms with E-state index in [1.807, 2.05) is 0 Å². The van der Waals surface area contributed by atoms with Crippen LogP contribution in [0.15, 0.2) is 0 Å². The number of hydrogen-bond acceptors (Lipinski definition) is 10. The quantitative estimate of drug-likeness (QED) is 0.0413. The molecule has 0 saturated heterocycles. The predicted molar refractivity (Wildman–Crippen MR) is 153 cm³/mol. The lowest BCUT2D eigenvalue weighted by Crippen LogP contribution is -2.71. The fourth-order valence-electron chi connectivity index (χ4n) is 4.16. The Labute approximate surface area is 267 Å². The molecule has 0 aliphatic heterocycles. The van der Waals surface area contributed by atoms with Crippen molar-refractivity contribution in [3.05, 3.63) is 0 Å². The zero-order valence-corrected chi connectivity index (χ0v) is 31.1. The molecule has 2 unspecified atom stereocenters. The van der Waals surface area contributed by atoms with Gasteiger partial charge in [-0.25, -0.2) is 14.0 Å². The molecule has 0 saturated carbocycles. The van der Waals surface area contributed by atoms with Gasteiger partial charge in [0.25, 0.3) is 0 Å². The summed E-state index contributed by atoms with van der Waals surface area (Å²) in [6, 6.07) is 0. The van der Waals surface area contributed by atoms with E-state index >= 15 is 0 Å². The molecule has 18 N–H and O–H groups in total. The maximum atomic E-state index is 13.3. The minimum atomic E-state index is -7.43. The lowest BCUT2D eigenvalue weighted by atomic mass is 10.2. The van der Waals surface area contributed by atoms with E-state index in [1.54, 1.807) is 0 Å². The molecule has 30 nitrogen and oxygen atoms in total. The van der Waals surface area contributed by atoms with Gasteiger partial charge >= 0.3 is 68.7 Å². The van der Waals surface area contributed by atoms with Gasteiger partial charge in [0, 0.05) is 12.8 Å². The Morgan fingerprint density at radius 2 is 0.583 bits per heavy atom. The molecule has 2 atom stereocenters. The third-order valence-electron chi connectivity index (χ3n) is 5.69. The van der Waals surface area contributed by atoms with Gasteiger partial charge in [0.15, 0.2) is 10.8 Å². The van der Waals surface area contributed by atoms with Crippen molar-refractivity contribution >= 4 is 68.7 Å². The van der Waals surface area contributed by atoms with E-state index in [1.165, 1.54) is 0 Å². The molecular formula is C9H32N3O27P9. The van der Waals surface area contributed by atoms with Crippen LogP contribution in [0.3, 0.4) is 0 Å². The van der Waals surface area contributed by atoms with Gasteiger partial charge in [0.2, 0.25) is 0 Å². The zero-order chi connectivity index (χ0) is 39.2. The standard InChI is InChI=1S/C9H32N3O27P9/c13-40(14,15)3-1-8(45(28,29)30,11(47(34,35)36)6-43(22,23)24)10(5-42(19,20)21)9(46(31,32)33,2-4-41(16,17)18)12(48(37,38)39)7-44(25,26)27/h1-7H2,(H2,13,14,15)(H2,16,17,18)(H2,19,20,21)(H2,22,23,24)(H2,25,26,27)(H2,28,29,30)(H2,31,32,33)(H2,34,35,36)(H2,37,38,39). The van der Waals surface area contributed by atoms with Gasteiger partial charge in [-0.1, -0.05) is 0 Å². The Bertz CT molecular complexity index is 1490. The molecule has 0 heterocycles. The summed E-state index contributed by atoms with van der Waals surface area (Å²) in [5.74, 6) is 0. The molecule has 0 radical (unpaired) electrons. The van der Waals surface area contributed by atoms with Crippen LogP contribution in [0.2, 0.25) is 0 Å². The van der Waals surface area contributed by atoms with Crippen LogP contribution in [0, 0.1) is 0 Å². The van der Waals surface area contributed by atoms with Gasteiger partial charge in [0.1, 0.15) is 18.9 Å². The van der Waals surface area contributed by atoms with Gasteiger partial charge in [-0.05, 0) is 0 Å². The van der Waals surface area contributed by atoms with Crippen LogP contribution in [0.4, 0.5) is 0 Å². The fraction of sp³-hybridized carbons (Fsp3) is 1.00. The molecule has 0 amide bonds. The Kier molecular flexibility index (Phi) is 15.9. The van der Waals surface area contributed by atoms with Crippen molar-refractivity contribution in [2.45, 2.75) is 23.6 Å². The molecule has 0 aromatic rings. The number of hydrogen-bond donors (Lipinski definition) is 18. The first-order valence-corrected chi connectivity index (χ1v) is 26.6. The third kappa shape index (κ3) is 14.2. The van der Waals surface area contributed by atoms with Gasteiger partial charge in [-0.15, -0.1) is 0 Å². The van der Waals surface area contributed by atoms with Crippen molar-refractivity contribution < 1.29 is 129 Å². The van der Waals surface area contributed by atoms with Crippen LogP contribution in [-0.4, -0.2) is 144 Å². The van der Waals surface area contributed by atoms with Gasteiger partial charge in [0.05, 0.1) is 12.3 Å². The average molecular weight is 893 g/mol. The number of nitrogens with zero attached hydrogens (tertiary/aromatic N) is 3. The molecular weight excluding hydrogens is 861 g/mol. The van der Waals surface area contributed by atoms with Crippen molar-refractivity contribution in [2.75, 3.05) is 31.2 Å². The van der Waals surface area contributed by atoms with Crippen LogP contribution >= 0.6 is 68.7 Å².